The standard InChI is InChI=1S/C21H34O4/c1-4-14-18-16-12-13(20(24-16)19(18)15(5-2)23-14)8-9-17(22)25-21(3)10-6-7-11-21/h13-16,18-20H,4-12H2,1-3H3. The molecule has 3 saturated heterocycles. The highest BCUT2D eigenvalue weighted by molar-refractivity contribution is 5.70. The minimum Gasteiger partial charge on any atom is -0.459 e. The monoisotopic (exact) mass is 350 g/mol. The maximum Gasteiger partial charge on any atom is 0.306 e. The van der Waals surface area contributed by atoms with Crippen molar-refractivity contribution in [3.63, 3.8) is 0 Å². The zero-order valence-electron chi connectivity index (χ0n) is 16.0. The summed E-state index contributed by atoms with van der Waals surface area (Å²) in [6.07, 6.45) is 10.5. The molecule has 4 heteroatoms. The van der Waals surface area contributed by atoms with Crippen LogP contribution in [0.5, 0.6) is 0 Å². The third-order valence-electron chi connectivity index (χ3n) is 7.34. The van der Waals surface area contributed by atoms with E-state index in [1.807, 2.05) is 0 Å². The van der Waals surface area contributed by atoms with E-state index in [4.69, 9.17) is 14.2 Å². The summed E-state index contributed by atoms with van der Waals surface area (Å²) in [6, 6.07) is 0. The number of carbonyl (C=O) groups excluding carboxylic acids is 1. The summed E-state index contributed by atoms with van der Waals surface area (Å²) in [6.45, 7) is 6.54. The Hall–Kier alpha value is -0.610. The Bertz CT molecular complexity index is 498. The van der Waals surface area contributed by atoms with Crippen LogP contribution in [-0.2, 0) is 19.0 Å². The third-order valence-corrected chi connectivity index (χ3v) is 7.34. The molecular weight excluding hydrogens is 316 g/mol. The quantitative estimate of drug-likeness (QED) is 0.672. The minimum absolute atomic E-state index is 0.00938. The molecule has 7 unspecified atom stereocenters. The number of fused-ring (bicyclic) bond motifs is 5. The lowest BCUT2D eigenvalue weighted by atomic mass is 9.69. The van der Waals surface area contributed by atoms with Gasteiger partial charge in [-0.2, -0.15) is 0 Å². The Kier molecular flexibility index (Phi) is 4.87. The van der Waals surface area contributed by atoms with Crippen molar-refractivity contribution in [3.8, 4) is 0 Å². The molecule has 142 valence electrons. The van der Waals surface area contributed by atoms with Crippen molar-refractivity contribution in [2.75, 3.05) is 0 Å². The fourth-order valence-corrected chi connectivity index (χ4v) is 6.15. The van der Waals surface area contributed by atoms with E-state index in [0.717, 1.165) is 38.5 Å². The summed E-state index contributed by atoms with van der Waals surface area (Å²) in [5, 5.41) is 0. The van der Waals surface area contributed by atoms with Crippen LogP contribution in [0.4, 0.5) is 0 Å². The summed E-state index contributed by atoms with van der Waals surface area (Å²) in [5.74, 6) is 1.62. The molecule has 4 nitrogen and oxygen atoms in total. The van der Waals surface area contributed by atoms with Gasteiger partial charge in [0.2, 0.25) is 0 Å². The first kappa shape index (κ1) is 17.8. The molecule has 0 N–H and O–H groups in total. The van der Waals surface area contributed by atoms with Crippen molar-refractivity contribution >= 4 is 5.97 Å². The molecule has 4 aliphatic rings. The molecule has 2 bridgehead atoms. The molecule has 0 amide bonds. The Morgan fingerprint density at radius 1 is 1.08 bits per heavy atom. The highest BCUT2D eigenvalue weighted by Gasteiger charge is 2.61. The van der Waals surface area contributed by atoms with Crippen molar-refractivity contribution in [3.05, 3.63) is 0 Å². The lowest BCUT2D eigenvalue weighted by Gasteiger charge is -2.30. The molecule has 25 heavy (non-hydrogen) atoms. The molecule has 0 radical (unpaired) electrons. The van der Waals surface area contributed by atoms with E-state index in [9.17, 15) is 4.79 Å². The molecule has 7 atom stereocenters. The summed E-state index contributed by atoms with van der Waals surface area (Å²) < 4.78 is 18.5. The number of esters is 1. The second-order valence-corrected chi connectivity index (χ2v) is 8.99. The Morgan fingerprint density at radius 3 is 2.44 bits per heavy atom. The van der Waals surface area contributed by atoms with Gasteiger partial charge in [0.1, 0.15) is 5.60 Å². The maximum atomic E-state index is 12.3. The average molecular weight is 350 g/mol. The van der Waals surface area contributed by atoms with Crippen LogP contribution in [0, 0.1) is 17.8 Å². The van der Waals surface area contributed by atoms with Gasteiger partial charge in [-0.1, -0.05) is 13.8 Å². The fourth-order valence-electron chi connectivity index (χ4n) is 6.15. The average Bonchev–Trinajstić information content (AvgIpc) is 3.33. The fraction of sp³-hybridized carbons (Fsp3) is 0.952. The molecule has 4 fully saturated rings. The predicted molar refractivity (Wildman–Crippen MR) is 95.2 cm³/mol. The van der Waals surface area contributed by atoms with E-state index < -0.39 is 0 Å². The number of ether oxygens (including phenoxy) is 3. The van der Waals surface area contributed by atoms with Crippen LogP contribution < -0.4 is 0 Å². The largest absolute Gasteiger partial charge is 0.459 e. The highest BCUT2D eigenvalue weighted by atomic mass is 16.6. The van der Waals surface area contributed by atoms with Crippen LogP contribution in [-0.4, -0.2) is 36.0 Å². The Balaban J connectivity index is 1.32. The van der Waals surface area contributed by atoms with Crippen molar-refractivity contribution in [1.82, 2.24) is 0 Å². The topological polar surface area (TPSA) is 44.8 Å². The third kappa shape index (κ3) is 3.14. The first-order valence-corrected chi connectivity index (χ1v) is 10.6. The van der Waals surface area contributed by atoms with Crippen molar-refractivity contribution < 1.29 is 19.0 Å². The Morgan fingerprint density at radius 2 is 1.76 bits per heavy atom. The van der Waals surface area contributed by atoms with E-state index in [0.29, 0.717) is 48.6 Å². The molecule has 0 aromatic heterocycles. The lowest BCUT2D eigenvalue weighted by Crippen LogP contribution is -2.37. The first-order chi connectivity index (χ1) is 12.0. The number of carbonyl (C=O) groups is 1. The van der Waals surface area contributed by atoms with Crippen molar-refractivity contribution in [2.24, 2.45) is 17.8 Å². The van der Waals surface area contributed by atoms with Gasteiger partial charge < -0.3 is 14.2 Å². The minimum atomic E-state index is -0.200. The smallest absolute Gasteiger partial charge is 0.306 e. The molecule has 0 aromatic rings. The van der Waals surface area contributed by atoms with Crippen LogP contribution in [0.25, 0.3) is 0 Å². The predicted octanol–water partition coefficient (Wildman–Crippen LogP) is 4.25. The SMILES string of the molecule is CCC1OC(CC)C2C3OC(CC3CCC(=O)OC3(C)CCCC3)C12. The van der Waals surface area contributed by atoms with E-state index in [1.165, 1.54) is 12.8 Å². The summed E-state index contributed by atoms with van der Waals surface area (Å²) in [7, 11) is 0. The molecule has 1 aliphatic carbocycles. The molecule has 0 spiro atoms. The molecule has 3 aliphatic heterocycles. The van der Waals surface area contributed by atoms with Crippen LogP contribution in [0.3, 0.4) is 0 Å². The maximum absolute atomic E-state index is 12.3. The van der Waals surface area contributed by atoms with Gasteiger partial charge in [-0.25, -0.2) is 0 Å². The Labute approximate surface area is 152 Å². The van der Waals surface area contributed by atoms with Crippen LogP contribution >= 0.6 is 0 Å². The molecular formula is C21H34O4. The zero-order valence-corrected chi connectivity index (χ0v) is 16.0. The summed E-state index contributed by atoms with van der Waals surface area (Å²) >= 11 is 0. The van der Waals surface area contributed by atoms with Gasteiger partial charge in [0.25, 0.3) is 0 Å². The lowest BCUT2D eigenvalue weighted by molar-refractivity contribution is -0.158. The normalized spacial score (nSPS) is 44.2. The number of hydrogen-bond acceptors (Lipinski definition) is 4. The first-order valence-electron chi connectivity index (χ1n) is 10.6. The van der Waals surface area contributed by atoms with Gasteiger partial charge in [-0.15, -0.1) is 0 Å². The second kappa shape index (κ2) is 6.84. The zero-order chi connectivity index (χ0) is 17.6. The molecule has 4 rings (SSSR count). The summed E-state index contributed by atoms with van der Waals surface area (Å²) in [4.78, 5) is 12.3. The van der Waals surface area contributed by atoms with Crippen molar-refractivity contribution in [1.29, 1.82) is 0 Å². The van der Waals surface area contributed by atoms with E-state index in [2.05, 4.69) is 20.8 Å². The van der Waals surface area contributed by atoms with E-state index in [-0.39, 0.29) is 11.6 Å². The van der Waals surface area contributed by atoms with Crippen LogP contribution in [0.1, 0.15) is 78.6 Å². The van der Waals surface area contributed by atoms with Crippen LogP contribution in [0.2, 0.25) is 0 Å². The van der Waals surface area contributed by atoms with Gasteiger partial charge in [0.15, 0.2) is 0 Å². The molecule has 3 heterocycles. The summed E-state index contributed by atoms with van der Waals surface area (Å²) in [5.41, 5.74) is -0.200. The number of rotatable bonds is 6. The van der Waals surface area contributed by atoms with Crippen molar-refractivity contribution in [2.45, 2.75) is 109 Å². The van der Waals surface area contributed by atoms with Gasteiger partial charge >= 0.3 is 5.97 Å². The van der Waals surface area contributed by atoms with Crippen LogP contribution in [0.15, 0.2) is 0 Å². The van der Waals surface area contributed by atoms with Gasteiger partial charge in [-0.05, 0) is 64.2 Å². The van der Waals surface area contributed by atoms with E-state index >= 15 is 0 Å². The molecule has 1 saturated carbocycles. The van der Waals surface area contributed by atoms with Gasteiger partial charge in [0.05, 0.1) is 24.4 Å². The van der Waals surface area contributed by atoms with E-state index in [1.54, 1.807) is 0 Å². The van der Waals surface area contributed by atoms with Gasteiger partial charge in [-0.3, -0.25) is 4.79 Å². The second-order valence-electron chi connectivity index (χ2n) is 8.99. The highest BCUT2D eigenvalue weighted by Crippen LogP contribution is 2.56. The molecule has 0 aromatic carbocycles. The number of hydrogen-bond donors (Lipinski definition) is 0. The van der Waals surface area contributed by atoms with Gasteiger partial charge in [0, 0.05) is 18.3 Å².